The van der Waals surface area contributed by atoms with Crippen LogP contribution in [-0.2, 0) is 4.74 Å². The molecular weight excluding hydrogens is 536 g/mol. The maximum Gasteiger partial charge on any atom is 0.319 e. The lowest BCUT2D eigenvalue weighted by atomic mass is 10.1. The Balaban J connectivity index is 1.31. The summed E-state index contributed by atoms with van der Waals surface area (Å²) in [6.07, 6.45) is 2.56. The first kappa shape index (κ1) is 28.1. The van der Waals surface area contributed by atoms with Gasteiger partial charge in [-0.05, 0) is 30.5 Å². The molecule has 10 nitrogen and oxygen atoms in total. The molecule has 40 heavy (non-hydrogen) atoms. The summed E-state index contributed by atoms with van der Waals surface area (Å²) in [6, 6.07) is 8.41. The van der Waals surface area contributed by atoms with Gasteiger partial charge in [-0.3, -0.25) is 9.88 Å². The van der Waals surface area contributed by atoms with Gasteiger partial charge in [0.25, 0.3) is 0 Å². The van der Waals surface area contributed by atoms with E-state index in [-0.39, 0.29) is 6.03 Å². The lowest BCUT2D eigenvalue weighted by Crippen LogP contribution is -2.37. The molecule has 0 saturated carbocycles. The Morgan fingerprint density at radius 1 is 1.07 bits per heavy atom. The van der Waals surface area contributed by atoms with Crippen LogP contribution in [0, 0.1) is 5.92 Å². The van der Waals surface area contributed by atoms with Crippen molar-refractivity contribution >= 4 is 34.2 Å². The number of nitrogens with one attached hydrogen (secondary N) is 2. The van der Waals surface area contributed by atoms with E-state index in [0.717, 1.165) is 39.3 Å². The molecule has 3 aromatic rings. The average Bonchev–Trinajstić information content (AvgIpc) is 2.96. The molecule has 214 valence electrons. The van der Waals surface area contributed by atoms with Crippen molar-refractivity contribution in [2.45, 2.75) is 20.3 Å². The first-order valence-corrected chi connectivity index (χ1v) is 14.0. The Kier molecular flexibility index (Phi) is 9.30. The standard InChI is InChI=1S/C29H35ClN4O6/c1-19(2)18-32-29(35)33-22-5-4-20(16-21(22)30)40-24-6-7-31-23-17-25(27-28(26(23)24)39-15-14-38-27)37-11-3-8-34-9-12-36-13-10-34/h4-7,16-17,19H,3,8-15,18H2,1-2H3,(H2,32,33,35). The van der Waals surface area contributed by atoms with Crippen LogP contribution in [-0.4, -0.2) is 75.1 Å². The molecule has 0 spiro atoms. The minimum absolute atomic E-state index is 0.313. The van der Waals surface area contributed by atoms with E-state index >= 15 is 0 Å². The normalized spacial score (nSPS) is 15.2. The second kappa shape index (κ2) is 13.3. The van der Waals surface area contributed by atoms with Gasteiger partial charge >= 0.3 is 6.03 Å². The van der Waals surface area contributed by atoms with Crippen molar-refractivity contribution in [2.24, 2.45) is 5.92 Å². The number of carbonyl (C=O) groups excluding carboxylic acids is 1. The number of carbonyl (C=O) groups is 1. The summed E-state index contributed by atoms with van der Waals surface area (Å²) in [6.45, 7) is 10.4. The molecule has 1 aromatic heterocycles. The molecule has 1 fully saturated rings. The third kappa shape index (κ3) is 6.99. The smallest absolute Gasteiger partial charge is 0.319 e. The molecule has 3 heterocycles. The van der Waals surface area contributed by atoms with Crippen molar-refractivity contribution in [3.05, 3.63) is 41.6 Å². The van der Waals surface area contributed by atoms with E-state index in [0.29, 0.717) is 82.6 Å². The quantitative estimate of drug-likeness (QED) is 0.315. The summed E-state index contributed by atoms with van der Waals surface area (Å²) in [4.78, 5) is 19.1. The zero-order valence-corrected chi connectivity index (χ0v) is 23.6. The molecule has 2 aromatic carbocycles. The Hall–Kier alpha value is -3.47. The Labute approximate surface area is 238 Å². The van der Waals surface area contributed by atoms with E-state index in [1.165, 1.54) is 0 Å². The van der Waals surface area contributed by atoms with Crippen molar-refractivity contribution in [1.29, 1.82) is 0 Å². The molecule has 0 atom stereocenters. The fraction of sp³-hybridized carbons (Fsp3) is 0.448. The van der Waals surface area contributed by atoms with Gasteiger partial charge in [-0.25, -0.2) is 4.79 Å². The topological polar surface area (TPSA) is 103 Å². The van der Waals surface area contributed by atoms with Gasteiger partial charge in [0.15, 0.2) is 11.5 Å². The highest BCUT2D eigenvalue weighted by Gasteiger charge is 2.25. The third-order valence-electron chi connectivity index (χ3n) is 6.51. The number of halogens is 1. The second-order valence-electron chi connectivity index (χ2n) is 10.1. The zero-order valence-electron chi connectivity index (χ0n) is 22.8. The molecule has 0 radical (unpaired) electrons. The highest BCUT2D eigenvalue weighted by molar-refractivity contribution is 6.33. The minimum atomic E-state index is -0.313. The molecule has 2 N–H and O–H groups in total. The second-order valence-corrected chi connectivity index (χ2v) is 10.5. The monoisotopic (exact) mass is 570 g/mol. The Bertz CT molecular complexity index is 1330. The number of anilines is 1. The van der Waals surface area contributed by atoms with E-state index in [9.17, 15) is 4.79 Å². The van der Waals surface area contributed by atoms with Crippen LogP contribution in [0.25, 0.3) is 10.9 Å². The zero-order chi connectivity index (χ0) is 27.9. The van der Waals surface area contributed by atoms with Gasteiger partial charge in [0.1, 0.15) is 24.7 Å². The molecule has 11 heteroatoms. The SMILES string of the molecule is CC(C)CNC(=O)Nc1ccc(Oc2ccnc3cc(OCCCN4CCOCC4)c4c(c23)OCCO4)cc1Cl. The summed E-state index contributed by atoms with van der Waals surface area (Å²) >= 11 is 6.46. The molecular formula is C29H35ClN4O6. The summed E-state index contributed by atoms with van der Waals surface area (Å²) in [7, 11) is 0. The first-order chi connectivity index (χ1) is 19.5. The molecule has 2 aliphatic rings. The number of hydrogen-bond acceptors (Lipinski definition) is 8. The van der Waals surface area contributed by atoms with Gasteiger partial charge < -0.3 is 34.3 Å². The van der Waals surface area contributed by atoms with E-state index in [4.69, 9.17) is 35.3 Å². The van der Waals surface area contributed by atoms with Crippen LogP contribution < -0.4 is 29.6 Å². The molecule has 1 saturated heterocycles. The molecule has 0 aliphatic carbocycles. The lowest BCUT2D eigenvalue weighted by molar-refractivity contribution is 0.0357. The fourth-order valence-electron chi connectivity index (χ4n) is 4.51. The summed E-state index contributed by atoms with van der Waals surface area (Å²) in [5.41, 5.74) is 1.15. The molecule has 0 unspecified atom stereocenters. The van der Waals surface area contributed by atoms with Crippen LogP contribution in [0.1, 0.15) is 20.3 Å². The van der Waals surface area contributed by atoms with E-state index < -0.39 is 0 Å². The number of aromatic nitrogens is 1. The van der Waals surface area contributed by atoms with Gasteiger partial charge in [-0.1, -0.05) is 25.4 Å². The Morgan fingerprint density at radius 2 is 1.88 bits per heavy atom. The van der Waals surface area contributed by atoms with Crippen molar-refractivity contribution in [1.82, 2.24) is 15.2 Å². The number of pyridine rings is 1. The first-order valence-electron chi connectivity index (χ1n) is 13.6. The van der Waals surface area contributed by atoms with Crippen molar-refractivity contribution in [2.75, 3.05) is 64.5 Å². The maximum atomic E-state index is 12.1. The highest BCUT2D eigenvalue weighted by atomic mass is 35.5. The lowest BCUT2D eigenvalue weighted by Gasteiger charge is -2.26. The number of fused-ring (bicyclic) bond motifs is 3. The van der Waals surface area contributed by atoms with Crippen LogP contribution >= 0.6 is 11.6 Å². The van der Waals surface area contributed by atoms with Gasteiger partial charge in [-0.2, -0.15) is 0 Å². The van der Waals surface area contributed by atoms with Gasteiger partial charge in [-0.15, -0.1) is 0 Å². The predicted molar refractivity (Wildman–Crippen MR) is 153 cm³/mol. The largest absolute Gasteiger partial charge is 0.489 e. The summed E-state index contributed by atoms with van der Waals surface area (Å²) < 4.78 is 29.9. The van der Waals surface area contributed by atoms with Crippen molar-refractivity contribution < 1.29 is 28.5 Å². The summed E-state index contributed by atoms with van der Waals surface area (Å²) in [5.74, 6) is 3.07. The minimum Gasteiger partial charge on any atom is -0.489 e. The number of benzene rings is 2. The van der Waals surface area contributed by atoms with Crippen molar-refractivity contribution in [3.8, 4) is 28.7 Å². The predicted octanol–water partition coefficient (Wildman–Crippen LogP) is 5.33. The van der Waals surface area contributed by atoms with Crippen LogP contribution in [0.2, 0.25) is 5.02 Å². The number of hydrogen-bond donors (Lipinski definition) is 2. The highest BCUT2D eigenvalue weighted by Crippen LogP contribution is 2.48. The molecule has 2 amide bonds. The van der Waals surface area contributed by atoms with Crippen molar-refractivity contribution in [3.63, 3.8) is 0 Å². The number of morpholine rings is 1. The van der Waals surface area contributed by atoms with E-state index in [1.807, 2.05) is 19.9 Å². The maximum absolute atomic E-state index is 12.1. The molecule has 0 bridgehead atoms. The summed E-state index contributed by atoms with van der Waals surface area (Å²) in [5, 5.41) is 6.61. The Morgan fingerprint density at radius 3 is 2.65 bits per heavy atom. The van der Waals surface area contributed by atoms with Crippen LogP contribution in [0.3, 0.4) is 0 Å². The van der Waals surface area contributed by atoms with E-state index in [1.54, 1.807) is 30.5 Å². The van der Waals surface area contributed by atoms with E-state index in [2.05, 4.69) is 20.5 Å². The number of amides is 2. The van der Waals surface area contributed by atoms with Crippen LogP contribution in [0.4, 0.5) is 10.5 Å². The average molecular weight is 571 g/mol. The third-order valence-corrected chi connectivity index (χ3v) is 6.82. The number of nitrogens with zero attached hydrogens (tertiary/aromatic N) is 2. The number of ether oxygens (including phenoxy) is 5. The molecule has 5 rings (SSSR count). The number of urea groups is 1. The van der Waals surface area contributed by atoms with Gasteiger partial charge in [0.05, 0.1) is 41.4 Å². The van der Waals surface area contributed by atoms with Crippen LogP contribution in [0.15, 0.2) is 36.5 Å². The fourth-order valence-corrected chi connectivity index (χ4v) is 4.73. The molecule has 2 aliphatic heterocycles. The van der Waals surface area contributed by atoms with Gasteiger partial charge in [0, 0.05) is 44.5 Å². The number of rotatable bonds is 10. The van der Waals surface area contributed by atoms with Gasteiger partial charge in [0.2, 0.25) is 5.75 Å². The van der Waals surface area contributed by atoms with Crippen LogP contribution in [0.5, 0.6) is 28.7 Å².